The molecule has 206 valence electrons. The second kappa shape index (κ2) is 13.4. The first-order valence-electron chi connectivity index (χ1n) is 13.8. The number of carbonyl (C=O) groups is 1. The number of aliphatic hydroxyl groups excluding tert-OH is 2. The van der Waals surface area contributed by atoms with E-state index in [1.165, 1.54) is 22.3 Å². The number of ether oxygens (including phenoxy) is 1. The van der Waals surface area contributed by atoms with Crippen molar-refractivity contribution in [1.29, 1.82) is 0 Å². The lowest BCUT2D eigenvalue weighted by molar-refractivity contribution is -0.137. The normalized spacial score (nSPS) is 13.9. The molecule has 0 radical (unpaired) electrons. The lowest BCUT2D eigenvalue weighted by Gasteiger charge is -2.34. The van der Waals surface area contributed by atoms with Crippen molar-refractivity contribution in [2.24, 2.45) is 5.41 Å². The molecule has 0 aliphatic heterocycles. The smallest absolute Gasteiger partial charge is 0.303 e. The molecule has 2 atom stereocenters. The molecule has 2 unspecified atom stereocenters. The second-order valence-electron chi connectivity index (χ2n) is 11.6. The summed E-state index contributed by atoms with van der Waals surface area (Å²) < 4.78 is 5.88. The third kappa shape index (κ3) is 8.31. The van der Waals surface area contributed by atoms with E-state index in [2.05, 4.69) is 71.9 Å². The van der Waals surface area contributed by atoms with Crippen LogP contribution in [0.15, 0.2) is 36.4 Å². The number of carboxylic acids is 1. The summed E-state index contributed by atoms with van der Waals surface area (Å²) in [5.41, 5.74) is 5.89. The predicted octanol–water partition coefficient (Wildman–Crippen LogP) is 6.74. The van der Waals surface area contributed by atoms with E-state index in [-0.39, 0.29) is 30.0 Å². The molecule has 2 aromatic carbocycles. The van der Waals surface area contributed by atoms with Gasteiger partial charge in [-0.1, -0.05) is 65.0 Å². The highest BCUT2D eigenvalue weighted by molar-refractivity contribution is 5.66. The largest absolute Gasteiger partial charge is 0.491 e. The molecule has 3 N–H and O–H groups in total. The second-order valence-corrected chi connectivity index (χ2v) is 11.6. The van der Waals surface area contributed by atoms with Crippen molar-refractivity contribution in [2.75, 3.05) is 6.61 Å². The van der Waals surface area contributed by atoms with Gasteiger partial charge < -0.3 is 20.1 Å². The molecule has 0 aliphatic rings. The maximum atomic E-state index is 10.7. The average molecular weight is 513 g/mol. The molecule has 0 aromatic heterocycles. The zero-order valence-corrected chi connectivity index (χ0v) is 23.9. The summed E-state index contributed by atoms with van der Waals surface area (Å²) in [7, 11) is 0. The maximum absolute atomic E-state index is 10.7. The Morgan fingerprint density at radius 1 is 0.919 bits per heavy atom. The molecule has 0 amide bonds. The molecular weight excluding hydrogens is 464 g/mol. The van der Waals surface area contributed by atoms with Crippen LogP contribution in [0.5, 0.6) is 5.75 Å². The molecule has 0 saturated carbocycles. The van der Waals surface area contributed by atoms with Crippen molar-refractivity contribution in [3.8, 4) is 5.75 Å². The van der Waals surface area contributed by atoms with E-state index in [9.17, 15) is 15.0 Å². The highest BCUT2D eigenvalue weighted by atomic mass is 16.5. The van der Waals surface area contributed by atoms with E-state index in [1.54, 1.807) is 0 Å². The van der Waals surface area contributed by atoms with Crippen LogP contribution in [0.1, 0.15) is 101 Å². The Hall–Kier alpha value is -2.37. The molecule has 0 bridgehead atoms. The van der Waals surface area contributed by atoms with E-state index < -0.39 is 12.1 Å². The molecule has 2 rings (SSSR count). The SMILES string of the molecule is CCC(CC)(c1ccc(CCC(O)C(C)(C)C)c(C)c1)c1ccc(OCC(O)CCCC(=O)O)c(C)c1. The number of benzene rings is 2. The van der Waals surface area contributed by atoms with Crippen molar-refractivity contribution in [1.82, 2.24) is 0 Å². The molecule has 5 nitrogen and oxygen atoms in total. The van der Waals surface area contributed by atoms with Crippen molar-refractivity contribution >= 4 is 5.97 Å². The number of carboxylic acid groups (broad SMARTS) is 1. The average Bonchev–Trinajstić information content (AvgIpc) is 2.83. The summed E-state index contributed by atoms with van der Waals surface area (Å²) >= 11 is 0. The molecule has 0 saturated heterocycles. The van der Waals surface area contributed by atoms with Crippen LogP contribution < -0.4 is 4.74 Å². The van der Waals surface area contributed by atoms with Gasteiger partial charge in [-0.3, -0.25) is 4.79 Å². The van der Waals surface area contributed by atoms with E-state index in [1.807, 2.05) is 13.0 Å². The van der Waals surface area contributed by atoms with Gasteiger partial charge in [0.05, 0.1) is 12.2 Å². The summed E-state index contributed by atoms with van der Waals surface area (Å²) in [5, 5.41) is 29.4. The monoisotopic (exact) mass is 512 g/mol. The Morgan fingerprint density at radius 3 is 2.03 bits per heavy atom. The fraction of sp³-hybridized carbons (Fsp3) is 0.594. The summed E-state index contributed by atoms with van der Waals surface area (Å²) in [4.78, 5) is 10.7. The van der Waals surface area contributed by atoms with Crippen molar-refractivity contribution in [3.05, 3.63) is 64.2 Å². The third-order valence-corrected chi connectivity index (χ3v) is 7.88. The highest BCUT2D eigenvalue weighted by Crippen LogP contribution is 2.41. The lowest BCUT2D eigenvalue weighted by Crippen LogP contribution is -2.27. The van der Waals surface area contributed by atoms with Gasteiger partial charge in [0.1, 0.15) is 12.4 Å². The lowest BCUT2D eigenvalue weighted by atomic mass is 9.69. The molecule has 2 aromatic rings. The van der Waals surface area contributed by atoms with Gasteiger partial charge in [-0.2, -0.15) is 0 Å². The summed E-state index contributed by atoms with van der Waals surface area (Å²) in [6.07, 6.45) is 3.43. The summed E-state index contributed by atoms with van der Waals surface area (Å²) in [6, 6.07) is 13.1. The summed E-state index contributed by atoms with van der Waals surface area (Å²) in [5.74, 6) is -0.106. The van der Waals surface area contributed by atoms with Gasteiger partial charge in [-0.05, 0) is 91.7 Å². The van der Waals surface area contributed by atoms with Crippen molar-refractivity contribution in [2.45, 2.75) is 111 Å². The zero-order valence-electron chi connectivity index (χ0n) is 23.9. The fourth-order valence-electron chi connectivity index (χ4n) is 5.10. The summed E-state index contributed by atoms with van der Waals surface area (Å²) in [6.45, 7) is 15.0. The van der Waals surface area contributed by atoms with Crippen LogP contribution in [0.3, 0.4) is 0 Å². The number of rotatable bonds is 14. The molecule has 0 fully saturated rings. The highest BCUT2D eigenvalue weighted by Gasteiger charge is 2.31. The zero-order chi connectivity index (χ0) is 27.8. The van der Waals surface area contributed by atoms with Crippen LogP contribution in [-0.4, -0.2) is 40.1 Å². The van der Waals surface area contributed by atoms with Gasteiger partial charge in [-0.25, -0.2) is 0 Å². The first-order chi connectivity index (χ1) is 17.3. The van der Waals surface area contributed by atoms with Gasteiger partial charge in [-0.15, -0.1) is 0 Å². The Bertz CT molecular complexity index is 1020. The molecule has 0 heterocycles. The van der Waals surface area contributed by atoms with Gasteiger partial charge in [0.25, 0.3) is 0 Å². The van der Waals surface area contributed by atoms with E-state index in [0.717, 1.165) is 37.0 Å². The molecule has 0 aliphatic carbocycles. The van der Waals surface area contributed by atoms with Gasteiger partial charge in [0, 0.05) is 11.8 Å². The van der Waals surface area contributed by atoms with Crippen LogP contribution in [0.25, 0.3) is 0 Å². The van der Waals surface area contributed by atoms with Crippen LogP contribution >= 0.6 is 0 Å². The Balaban J connectivity index is 2.19. The quantitative estimate of drug-likeness (QED) is 0.261. The van der Waals surface area contributed by atoms with Crippen molar-refractivity contribution < 1.29 is 24.9 Å². The molecule has 5 heteroatoms. The minimum atomic E-state index is -0.848. The Kier molecular flexibility index (Phi) is 11.2. The third-order valence-electron chi connectivity index (χ3n) is 7.88. The number of hydrogen-bond donors (Lipinski definition) is 3. The predicted molar refractivity (Wildman–Crippen MR) is 150 cm³/mol. The first-order valence-corrected chi connectivity index (χ1v) is 13.8. The molecule has 37 heavy (non-hydrogen) atoms. The Morgan fingerprint density at radius 2 is 1.51 bits per heavy atom. The van der Waals surface area contributed by atoms with Crippen LogP contribution in [0, 0.1) is 19.3 Å². The fourth-order valence-corrected chi connectivity index (χ4v) is 5.10. The maximum Gasteiger partial charge on any atom is 0.303 e. The van der Waals surface area contributed by atoms with E-state index >= 15 is 0 Å². The van der Waals surface area contributed by atoms with Crippen LogP contribution in [0.2, 0.25) is 0 Å². The van der Waals surface area contributed by atoms with Gasteiger partial charge in [0.15, 0.2) is 0 Å². The van der Waals surface area contributed by atoms with Gasteiger partial charge >= 0.3 is 5.97 Å². The van der Waals surface area contributed by atoms with Crippen LogP contribution in [-0.2, 0) is 16.6 Å². The van der Waals surface area contributed by atoms with E-state index in [0.29, 0.717) is 12.8 Å². The van der Waals surface area contributed by atoms with Crippen LogP contribution in [0.4, 0.5) is 0 Å². The van der Waals surface area contributed by atoms with E-state index in [4.69, 9.17) is 9.84 Å². The topological polar surface area (TPSA) is 87.0 Å². The number of aryl methyl sites for hydroxylation is 3. The number of aliphatic hydroxyl groups is 2. The molecular formula is C32H48O5. The van der Waals surface area contributed by atoms with Gasteiger partial charge in [0.2, 0.25) is 0 Å². The minimum absolute atomic E-state index is 0.0558. The van der Waals surface area contributed by atoms with Crippen molar-refractivity contribution in [3.63, 3.8) is 0 Å². The number of hydrogen-bond acceptors (Lipinski definition) is 4. The first kappa shape index (κ1) is 30.9. The minimum Gasteiger partial charge on any atom is -0.491 e. The Labute approximate surface area is 223 Å². The standard InChI is InChI=1S/C32H48O5/c1-8-32(9-2,25-15-13-24(22(3)19-25)14-18-29(34)31(5,6)7)26-16-17-28(23(4)20-26)37-21-27(33)11-10-12-30(35)36/h13,15-17,19-20,27,29,33-34H,8-12,14,18,21H2,1-7H3,(H,35,36). The molecule has 0 spiro atoms. The number of aliphatic carboxylic acids is 1.